The first-order valence-corrected chi connectivity index (χ1v) is 2.05. The number of nitrogens with zero attached hydrogens (tertiary/aromatic N) is 1. The quantitative estimate of drug-likeness (QED) is 0.502. The van der Waals surface area contributed by atoms with E-state index in [0.717, 1.165) is 6.21 Å². The molecule has 0 amide bonds. The van der Waals surface area contributed by atoms with Crippen molar-refractivity contribution in [3.05, 3.63) is 12.3 Å². The van der Waals surface area contributed by atoms with Crippen LogP contribution in [0.5, 0.6) is 0 Å². The minimum Gasteiger partial charge on any atom is -0.307 e. The Balaban J connectivity index is 3.27. The van der Waals surface area contributed by atoms with Crippen molar-refractivity contribution >= 4 is 12.4 Å². The van der Waals surface area contributed by atoms with Gasteiger partial charge in [0.1, 0.15) is 0 Å². The zero-order valence-corrected chi connectivity index (χ0v) is 4.26. The van der Waals surface area contributed by atoms with Gasteiger partial charge in [0.05, 0.1) is 0 Å². The molecule has 0 saturated carbocycles. The van der Waals surface area contributed by atoms with Gasteiger partial charge in [-0.05, 0) is 6.92 Å². The van der Waals surface area contributed by atoms with Crippen molar-refractivity contribution in [2.75, 3.05) is 0 Å². The highest BCUT2D eigenvalue weighted by molar-refractivity contribution is 6.14. The average Bonchev–Trinajstić information content (AvgIpc) is 1.69. The molecular weight excluding hydrogens is 88.1 g/mol. The molecule has 0 rings (SSSR count). The molecule has 38 valence electrons. The SMILES string of the molecule is C/C=C\N=C/C=N. The second-order valence-electron chi connectivity index (χ2n) is 0.947. The lowest BCUT2D eigenvalue weighted by atomic mass is 10.7. The highest BCUT2D eigenvalue weighted by Gasteiger charge is 1.53. The van der Waals surface area contributed by atoms with E-state index in [-0.39, 0.29) is 0 Å². The average molecular weight is 96.1 g/mol. The van der Waals surface area contributed by atoms with Crippen LogP contribution in [-0.2, 0) is 0 Å². The minimum absolute atomic E-state index is 1.14. The fourth-order valence-electron chi connectivity index (χ4n) is 0.179. The number of hydrogen-bond donors (Lipinski definition) is 1. The second-order valence-corrected chi connectivity index (χ2v) is 0.947. The highest BCUT2D eigenvalue weighted by atomic mass is 14.7. The van der Waals surface area contributed by atoms with Crippen LogP contribution in [-0.4, -0.2) is 12.4 Å². The van der Waals surface area contributed by atoms with E-state index >= 15 is 0 Å². The van der Waals surface area contributed by atoms with Crippen molar-refractivity contribution in [2.45, 2.75) is 6.92 Å². The van der Waals surface area contributed by atoms with Gasteiger partial charge in [0.25, 0.3) is 0 Å². The maximum Gasteiger partial charge on any atom is 0.0443 e. The first-order chi connectivity index (χ1) is 3.41. The van der Waals surface area contributed by atoms with Crippen molar-refractivity contribution in [1.29, 1.82) is 5.41 Å². The molecule has 0 atom stereocenters. The largest absolute Gasteiger partial charge is 0.307 e. The van der Waals surface area contributed by atoms with Crippen molar-refractivity contribution < 1.29 is 0 Å². The van der Waals surface area contributed by atoms with Crippen LogP contribution in [0.1, 0.15) is 6.92 Å². The Labute approximate surface area is 43.1 Å². The molecule has 0 radical (unpaired) electrons. The number of aliphatic imine (C=N–C) groups is 1. The summed E-state index contributed by atoms with van der Waals surface area (Å²) in [6.45, 7) is 1.88. The first kappa shape index (κ1) is 6.08. The summed E-state index contributed by atoms with van der Waals surface area (Å²) in [5, 5.41) is 6.47. The molecular formula is C5H8N2. The summed E-state index contributed by atoms with van der Waals surface area (Å²) in [5.41, 5.74) is 0. The summed E-state index contributed by atoms with van der Waals surface area (Å²) in [5.74, 6) is 0. The standard InChI is InChI=1S/C5H8N2/c1-2-4-7-5-3-6/h2-6H,1H3/b4-2-,6-3?,7-5-. The van der Waals surface area contributed by atoms with Gasteiger partial charge in [-0.2, -0.15) is 0 Å². The zero-order chi connectivity index (χ0) is 5.54. The topological polar surface area (TPSA) is 36.2 Å². The molecule has 0 aromatic carbocycles. The van der Waals surface area contributed by atoms with Crippen molar-refractivity contribution in [3.8, 4) is 0 Å². The molecule has 0 aliphatic heterocycles. The number of nitrogens with one attached hydrogen (secondary N) is 1. The first-order valence-electron chi connectivity index (χ1n) is 2.05. The summed E-state index contributed by atoms with van der Waals surface area (Å²) in [6.07, 6.45) is 5.99. The van der Waals surface area contributed by atoms with Crippen LogP contribution in [0.25, 0.3) is 0 Å². The molecule has 0 bridgehead atoms. The normalized spacial score (nSPS) is 11.0. The molecule has 0 spiro atoms. The van der Waals surface area contributed by atoms with Gasteiger partial charge < -0.3 is 5.41 Å². The molecule has 0 saturated heterocycles. The van der Waals surface area contributed by atoms with Crippen LogP contribution < -0.4 is 0 Å². The van der Waals surface area contributed by atoms with E-state index in [0.29, 0.717) is 0 Å². The van der Waals surface area contributed by atoms with Crippen LogP contribution in [0.4, 0.5) is 0 Å². The molecule has 0 aliphatic rings. The maximum absolute atomic E-state index is 6.47. The van der Waals surface area contributed by atoms with Crippen LogP contribution in [0, 0.1) is 5.41 Å². The van der Waals surface area contributed by atoms with Gasteiger partial charge in [0, 0.05) is 18.6 Å². The van der Waals surface area contributed by atoms with Crippen LogP contribution in [0.15, 0.2) is 17.3 Å². The summed E-state index contributed by atoms with van der Waals surface area (Å²) in [4.78, 5) is 3.66. The van der Waals surface area contributed by atoms with E-state index in [4.69, 9.17) is 5.41 Å². The predicted molar refractivity (Wildman–Crippen MR) is 32.1 cm³/mol. The Morgan fingerprint density at radius 3 is 2.71 bits per heavy atom. The maximum atomic E-state index is 6.47. The van der Waals surface area contributed by atoms with E-state index in [1.165, 1.54) is 6.21 Å². The van der Waals surface area contributed by atoms with E-state index < -0.39 is 0 Å². The van der Waals surface area contributed by atoms with Crippen LogP contribution >= 0.6 is 0 Å². The molecule has 0 heterocycles. The molecule has 0 unspecified atom stereocenters. The molecule has 2 nitrogen and oxygen atoms in total. The Bertz CT molecular complexity index is 92.3. The minimum atomic E-state index is 1.14. The van der Waals surface area contributed by atoms with E-state index in [9.17, 15) is 0 Å². The predicted octanol–water partition coefficient (Wildman–Crippen LogP) is 1.24. The van der Waals surface area contributed by atoms with Gasteiger partial charge >= 0.3 is 0 Å². The van der Waals surface area contributed by atoms with E-state index in [1.54, 1.807) is 12.3 Å². The molecule has 0 aromatic rings. The molecule has 0 fully saturated rings. The highest BCUT2D eigenvalue weighted by Crippen LogP contribution is 1.66. The number of allylic oxidation sites excluding steroid dienone is 1. The van der Waals surface area contributed by atoms with Gasteiger partial charge in [-0.1, -0.05) is 6.08 Å². The van der Waals surface area contributed by atoms with Crippen molar-refractivity contribution in [2.24, 2.45) is 4.99 Å². The van der Waals surface area contributed by atoms with Crippen LogP contribution in [0.2, 0.25) is 0 Å². The molecule has 0 aromatic heterocycles. The third-order valence-electron chi connectivity index (χ3n) is 0.396. The smallest absolute Gasteiger partial charge is 0.0443 e. The Kier molecular flexibility index (Phi) is 4.41. The third kappa shape index (κ3) is 5.08. The van der Waals surface area contributed by atoms with Crippen molar-refractivity contribution in [3.63, 3.8) is 0 Å². The van der Waals surface area contributed by atoms with Gasteiger partial charge in [-0.3, -0.25) is 4.99 Å². The van der Waals surface area contributed by atoms with Crippen LogP contribution in [0.3, 0.4) is 0 Å². The number of hydrogen-bond acceptors (Lipinski definition) is 2. The molecule has 1 N–H and O–H groups in total. The summed E-state index contributed by atoms with van der Waals surface area (Å²) in [6, 6.07) is 0. The molecule has 2 heteroatoms. The fourth-order valence-corrected chi connectivity index (χ4v) is 0.179. The lowest BCUT2D eigenvalue weighted by Gasteiger charge is -1.65. The zero-order valence-electron chi connectivity index (χ0n) is 4.26. The van der Waals surface area contributed by atoms with Gasteiger partial charge in [0.15, 0.2) is 0 Å². The molecule has 7 heavy (non-hydrogen) atoms. The number of rotatable bonds is 2. The lowest BCUT2D eigenvalue weighted by molar-refractivity contribution is 1.54. The van der Waals surface area contributed by atoms with E-state index in [2.05, 4.69) is 4.99 Å². The lowest BCUT2D eigenvalue weighted by Crippen LogP contribution is -1.65. The van der Waals surface area contributed by atoms with Gasteiger partial charge in [0.2, 0.25) is 0 Å². The summed E-state index contributed by atoms with van der Waals surface area (Å²) < 4.78 is 0. The Morgan fingerprint density at radius 2 is 2.29 bits per heavy atom. The fraction of sp³-hybridized carbons (Fsp3) is 0.200. The summed E-state index contributed by atoms with van der Waals surface area (Å²) >= 11 is 0. The Morgan fingerprint density at radius 1 is 1.57 bits per heavy atom. The van der Waals surface area contributed by atoms with E-state index in [1.807, 2.05) is 6.92 Å². The second kappa shape index (κ2) is 5.08. The van der Waals surface area contributed by atoms with Crippen molar-refractivity contribution in [1.82, 2.24) is 0 Å². The Hall–Kier alpha value is -0.920. The van der Waals surface area contributed by atoms with Gasteiger partial charge in [-0.15, -0.1) is 0 Å². The van der Waals surface area contributed by atoms with Gasteiger partial charge in [-0.25, -0.2) is 0 Å². The molecule has 0 aliphatic carbocycles. The summed E-state index contributed by atoms with van der Waals surface area (Å²) in [7, 11) is 0. The third-order valence-corrected chi connectivity index (χ3v) is 0.396. The monoisotopic (exact) mass is 96.1 g/mol.